The van der Waals surface area contributed by atoms with Crippen LogP contribution in [0.2, 0.25) is 0 Å². The topological polar surface area (TPSA) is 23.0 Å². The first-order valence-corrected chi connectivity index (χ1v) is 17.4. The molecule has 0 aliphatic heterocycles. The summed E-state index contributed by atoms with van der Waals surface area (Å²) in [6.07, 6.45) is 0. The molecule has 3 heterocycles. The summed E-state index contributed by atoms with van der Waals surface area (Å²) >= 11 is 0. The maximum Gasteiger partial charge on any atom is 0.135 e. The van der Waals surface area contributed by atoms with Crippen molar-refractivity contribution in [3.8, 4) is 33.6 Å². The van der Waals surface area contributed by atoms with Crippen LogP contribution < -0.4 is 0 Å². The zero-order valence-electron chi connectivity index (χ0n) is 27.6. The molecule has 3 nitrogen and oxygen atoms in total. The Kier molecular flexibility index (Phi) is 5.96. The highest BCUT2D eigenvalue weighted by Crippen LogP contribution is 2.40. The average Bonchev–Trinajstić information content (AvgIpc) is 3.84. The van der Waals surface area contributed by atoms with Crippen molar-refractivity contribution in [3.05, 3.63) is 182 Å². The highest BCUT2D eigenvalue weighted by Gasteiger charge is 2.18. The Morgan fingerprint density at radius 2 is 0.725 bits per heavy atom. The maximum atomic E-state index is 6.09. The fourth-order valence-electron chi connectivity index (χ4n) is 8.13. The molecule has 3 heteroatoms. The fraction of sp³-hybridized carbons (Fsp3) is 0. The summed E-state index contributed by atoms with van der Waals surface area (Å²) < 4.78 is 10.9. The van der Waals surface area contributed by atoms with Crippen molar-refractivity contribution in [1.29, 1.82) is 0 Å². The van der Waals surface area contributed by atoms with Crippen molar-refractivity contribution in [2.24, 2.45) is 0 Å². The Hall–Kier alpha value is -6.84. The van der Waals surface area contributed by atoms with Crippen molar-refractivity contribution in [1.82, 2.24) is 9.13 Å². The normalized spacial score (nSPS) is 11.9. The first-order valence-electron chi connectivity index (χ1n) is 17.4. The number of hydrogen-bond acceptors (Lipinski definition) is 1. The molecule has 0 spiro atoms. The summed E-state index contributed by atoms with van der Waals surface area (Å²) in [4.78, 5) is 0. The van der Waals surface area contributed by atoms with Crippen LogP contribution in [0.25, 0.3) is 99.2 Å². The second-order valence-corrected chi connectivity index (χ2v) is 13.4. The number of para-hydroxylation sites is 3. The summed E-state index contributed by atoms with van der Waals surface area (Å²) in [5.41, 5.74) is 13.7. The van der Waals surface area contributed by atoms with Gasteiger partial charge in [0.15, 0.2) is 0 Å². The third-order valence-electron chi connectivity index (χ3n) is 10.5. The van der Waals surface area contributed by atoms with Crippen LogP contribution in [0.4, 0.5) is 0 Å². The van der Waals surface area contributed by atoms with Crippen molar-refractivity contribution in [2.45, 2.75) is 0 Å². The van der Waals surface area contributed by atoms with Gasteiger partial charge in [-0.25, -0.2) is 0 Å². The Balaban J connectivity index is 1.08. The standard InChI is InChI=1S/C48H30N2O/c1-2-10-31(11-3-1)32-18-23-35(24-19-32)49-43-15-7-4-12-37(43)40-30-46-41(29-45(40)49)38-13-5-8-16-44(38)50(46)36-25-20-33(21-26-36)34-22-27-48-42(28-34)39-14-6-9-17-47(39)51-48/h1-30H. The van der Waals surface area contributed by atoms with Crippen LogP contribution in [0.1, 0.15) is 0 Å². The van der Waals surface area contributed by atoms with E-state index < -0.39 is 0 Å². The molecule has 0 saturated carbocycles. The molecule has 0 aliphatic rings. The summed E-state index contributed by atoms with van der Waals surface area (Å²) in [6, 6.07) is 65.6. The highest BCUT2D eigenvalue weighted by molar-refractivity contribution is 6.19. The van der Waals surface area contributed by atoms with E-state index in [4.69, 9.17) is 4.42 Å². The summed E-state index contributed by atoms with van der Waals surface area (Å²) in [5.74, 6) is 0. The van der Waals surface area contributed by atoms with Gasteiger partial charge >= 0.3 is 0 Å². The van der Waals surface area contributed by atoms with Gasteiger partial charge in [0.1, 0.15) is 11.2 Å². The second-order valence-electron chi connectivity index (χ2n) is 13.4. The second kappa shape index (κ2) is 10.8. The van der Waals surface area contributed by atoms with Gasteiger partial charge in [-0.05, 0) is 89.0 Å². The van der Waals surface area contributed by atoms with Gasteiger partial charge in [0.25, 0.3) is 0 Å². The molecule has 11 aromatic rings. The van der Waals surface area contributed by atoms with E-state index in [1.807, 2.05) is 12.1 Å². The zero-order chi connectivity index (χ0) is 33.5. The lowest BCUT2D eigenvalue weighted by Crippen LogP contribution is -1.95. The van der Waals surface area contributed by atoms with Gasteiger partial charge in [-0.2, -0.15) is 0 Å². The van der Waals surface area contributed by atoms with Crippen molar-refractivity contribution >= 4 is 65.6 Å². The van der Waals surface area contributed by atoms with E-state index in [2.05, 4.69) is 179 Å². The number of furan rings is 1. The first-order chi connectivity index (χ1) is 25.3. The number of fused-ring (bicyclic) bond motifs is 9. The van der Waals surface area contributed by atoms with Crippen LogP contribution in [-0.2, 0) is 0 Å². The Labute approximate surface area is 293 Å². The molecule has 0 bridgehead atoms. The monoisotopic (exact) mass is 650 g/mol. The molecule has 0 aliphatic carbocycles. The molecule has 0 radical (unpaired) electrons. The number of nitrogens with zero attached hydrogens (tertiary/aromatic N) is 2. The lowest BCUT2D eigenvalue weighted by Gasteiger charge is -2.11. The van der Waals surface area contributed by atoms with Crippen LogP contribution in [0, 0.1) is 0 Å². The Morgan fingerprint density at radius 1 is 0.275 bits per heavy atom. The molecule has 51 heavy (non-hydrogen) atoms. The average molecular weight is 651 g/mol. The van der Waals surface area contributed by atoms with E-state index in [-0.39, 0.29) is 0 Å². The van der Waals surface area contributed by atoms with Gasteiger partial charge in [-0.15, -0.1) is 0 Å². The van der Waals surface area contributed by atoms with Crippen LogP contribution in [0.15, 0.2) is 186 Å². The molecule has 0 fully saturated rings. The van der Waals surface area contributed by atoms with Crippen LogP contribution in [0.5, 0.6) is 0 Å². The van der Waals surface area contributed by atoms with Gasteiger partial charge in [0.05, 0.1) is 22.1 Å². The van der Waals surface area contributed by atoms with Crippen molar-refractivity contribution < 1.29 is 4.42 Å². The van der Waals surface area contributed by atoms with Crippen molar-refractivity contribution in [3.63, 3.8) is 0 Å². The first kappa shape index (κ1) is 28.0. The van der Waals surface area contributed by atoms with Crippen LogP contribution >= 0.6 is 0 Å². The van der Waals surface area contributed by atoms with Gasteiger partial charge < -0.3 is 13.6 Å². The molecule has 238 valence electrons. The molecular weight excluding hydrogens is 621 g/mol. The summed E-state index contributed by atoms with van der Waals surface area (Å²) in [6.45, 7) is 0. The zero-order valence-corrected chi connectivity index (χ0v) is 27.6. The minimum absolute atomic E-state index is 0.915. The maximum absolute atomic E-state index is 6.09. The molecule has 0 saturated heterocycles. The quantitative estimate of drug-likeness (QED) is 0.186. The molecule has 0 amide bonds. The van der Waals surface area contributed by atoms with E-state index in [1.165, 1.54) is 65.9 Å². The summed E-state index contributed by atoms with van der Waals surface area (Å²) in [7, 11) is 0. The molecule has 0 atom stereocenters. The minimum atomic E-state index is 0.915. The third kappa shape index (κ3) is 4.25. The van der Waals surface area contributed by atoms with Crippen molar-refractivity contribution in [2.75, 3.05) is 0 Å². The predicted octanol–water partition coefficient (Wildman–Crippen LogP) is 13.1. The minimum Gasteiger partial charge on any atom is -0.456 e. The molecule has 11 rings (SSSR count). The Bertz CT molecular complexity index is 3100. The SMILES string of the molecule is c1ccc(-c2ccc(-n3c4ccccc4c4cc5c(cc43)c3ccccc3n5-c3ccc(-c4ccc5oc6ccccc6c5c4)cc3)cc2)cc1. The molecule has 8 aromatic carbocycles. The number of benzene rings is 8. The largest absolute Gasteiger partial charge is 0.456 e. The highest BCUT2D eigenvalue weighted by atomic mass is 16.3. The smallest absolute Gasteiger partial charge is 0.135 e. The third-order valence-corrected chi connectivity index (χ3v) is 10.5. The summed E-state index contributed by atoms with van der Waals surface area (Å²) in [5, 5.41) is 7.26. The van der Waals surface area contributed by atoms with Crippen LogP contribution in [0.3, 0.4) is 0 Å². The lowest BCUT2D eigenvalue weighted by atomic mass is 10.0. The molecule has 0 unspecified atom stereocenters. The lowest BCUT2D eigenvalue weighted by molar-refractivity contribution is 0.669. The molecular formula is C48H30N2O. The number of aromatic nitrogens is 2. The number of rotatable bonds is 4. The number of hydrogen-bond donors (Lipinski definition) is 0. The van der Waals surface area contributed by atoms with E-state index in [9.17, 15) is 0 Å². The van der Waals surface area contributed by atoms with Gasteiger partial charge in [0.2, 0.25) is 0 Å². The molecule has 0 N–H and O–H groups in total. The van der Waals surface area contributed by atoms with Crippen LogP contribution in [-0.4, -0.2) is 9.13 Å². The van der Waals surface area contributed by atoms with E-state index in [0.29, 0.717) is 0 Å². The van der Waals surface area contributed by atoms with E-state index in [1.54, 1.807) is 0 Å². The Morgan fingerprint density at radius 3 is 1.33 bits per heavy atom. The van der Waals surface area contributed by atoms with Gasteiger partial charge in [-0.1, -0.05) is 115 Å². The fourth-order valence-corrected chi connectivity index (χ4v) is 8.13. The van der Waals surface area contributed by atoms with Gasteiger partial charge in [-0.3, -0.25) is 0 Å². The van der Waals surface area contributed by atoms with Gasteiger partial charge in [0, 0.05) is 43.7 Å². The van der Waals surface area contributed by atoms with E-state index >= 15 is 0 Å². The van der Waals surface area contributed by atoms with E-state index in [0.717, 1.165) is 33.3 Å². The predicted molar refractivity (Wildman–Crippen MR) is 213 cm³/mol. The molecule has 3 aromatic heterocycles.